The SMILES string of the molecule is CC(O)CC(=O)O.[Fe]. The van der Waals surface area contributed by atoms with Crippen LogP contribution < -0.4 is 0 Å². The molecule has 2 N–H and O–H groups in total. The number of hydrogen-bond donors (Lipinski definition) is 2. The fourth-order valence-electron chi connectivity index (χ4n) is 0.253. The van der Waals surface area contributed by atoms with Crippen molar-refractivity contribution in [1.82, 2.24) is 0 Å². The summed E-state index contributed by atoms with van der Waals surface area (Å²) in [6.45, 7) is 1.44. The summed E-state index contributed by atoms with van der Waals surface area (Å²) in [5, 5.41) is 16.3. The zero-order chi connectivity index (χ0) is 5.86. The summed E-state index contributed by atoms with van der Waals surface area (Å²) in [6.07, 6.45) is -0.891. The molecule has 1 unspecified atom stereocenters. The van der Waals surface area contributed by atoms with Gasteiger partial charge in [0.05, 0.1) is 12.5 Å². The van der Waals surface area contributed by atoms with Crippen molar-refractivity contribution in [2.45, 2.75) is 19.4 Å². The summed E-state index contributed by atoms with van der Waals surface area (Å²) >= 11 is 0. The van der Waals surface area contributed by atoms with E-state index in [0.717, 1.165) is 0 Å². The van der Waals surface area contributed by atoms with Crippen LogP contribution >= 0.6 is 0 Å². The zero-order valence-corrected chi connectivity index (χ0v) is 5.54. The maximum Gasteiger partial charge on any atom is 0.305 e. The third-order valence-corrected chi connectivity index (χ3v) is 0.470. The van der Waals surface area contributed by atoms with Gasteiger partial charge in [0, 0.05) is 17.1 Å². The number of aliphatic carboxylic acids is 1. The topological polar surface area (TPSA) is 57.5 Å². The zero-order valence-electron chi connectivity index (χ0n) is 4.44. The molecule has 0 aromatic heterocycles. The monoisotopic (exact) mass is 160 g/mol. The van der Waals surface area contributed by atoms with E-state index in [2.05, 4.69) is 0 Å². The Kier molecular flexibility index (Phi) is 6.91. The van der Waals surface area contributed by atoms with Crippen molar-refractivity contribution in [3.05, 3.63) is 0 Å². The Morgan fingerprint density at radius 3 is 2.12 bits per heavy atom. The van der Waals surface area contributed by atoms with Gasteiger partial charge in [0.25, 0.3) is 0 Å². The molecule has 0 aliphatic rings. The van der Waals surface area contributed by atoms with Gasteiger partial charge in [0.1, 0.15) is 0 Å². The van der Waals surface area contributed by atoms with Gasteiger partial charge in [0.2, 0.25) is 0 Å². The fourth-order valence-corrected chi connectivity index (χ4v) is 0.253. The Balaban J connectivity index is 0. The third kappa shape index (κ3) is 9.34. The van der Waals surface area contributed by atoms with Gasteiger partial charge in [-0.15, -0.1) is 0 Å². The molecule has 0 aromatic carbocycles. The molecule has 0 saturated heterocycles. The molecule has 0 aromatic rings. The van der Waals surface area contributed by atoms with Crippen molar-refractivity contribution >= 4 is 5.97 Å². The fraction of sp³-hybridized carbons (Fsp3) is 0.750. The number of aliphatic hydroxyl groups is 1. The normalized spacial score (nSPS) is 11.8. The second-order valence-electron chi connectivity index (χ2n) is 1.45. The van der Waals surface area contributed by atoms with Crippen molar-refractivity contribution in [2.24, 2.45) is 0 Å². The Morgan fingerprint density at radius 1 is 1.75 bits per heavy atom. The van der Waals surface area contributed by atoms with E-state index in [0.29, 0.717) is 0 Å². The average Bonchev–Trinajstić information content (AvgIpc) is 1.27. The molecule has 0 fully saturated rings. The molecule has 4 heteroatoms. The summed E-state index contributed by atoms with van der Waals surface area (Å²) in [5.41, 5.74) is 0. The number of hydrogen-bond acceptors (Lipinski definition) is 2. The van der Waals surface area contributed by atoms with Crippen LogP contribution in [0.2, 0.25) is 0 Å². The Bertz CT molecular complexity index is 71.7. The number of aliphatic hydroxyl groups excluding tert-OH is 1. The second kappa shape index (κ2) is 5.09. The Labute approximate surface area is 58.2 Å². The van der Waals surface area contributed by atoms with Crippen LogP contribution in [0.15, 0.2) is 0 Å². The van der Waals surface area contributed by atoms with E-state index in [9.17, 15) is 4.79 Å². The molecule has 1 atom stereocenters. The van der Waals surface area contributed by atoms with E-state index >= 15 is 0 Å². The molecule has 0 amide bonds. The Hall–Kier alpha value is -0.0505. The van der Waals surface area contributed by atoms with E-state index < -0.39 is 12.1 Å². The summed E-state index contributed by atoms with van der Waals surface area (Å²) < 4.78 is 0. The maximum atomic E-state index is 9.65. The van der Waals surface area contributed by atoms with Gasteiger partial charge < -0.3 is 10.2 Å². The average molecular weight is 160 g/mol. The first-order valence-corrected chi connectivity index (χ1v) is 2.03. The Morgan fingerprint density at radius 2 is 2.12 bits per heavy atom. The van der Waals surface area contributed by atoms with Crippen molar-refractivity contribution in [3.63, 3.8) is 0 Å². The molecule has 0 saturated carbocycles. The van der Waals surface area contributed by atoms with Crippen molar-refractivity contribution in [2.75, 3.05) is 0 Å². The molecule has 3 nitrogen and oxygen atoms in total. The van der Waals surface area contributed by atoms with Gasteiger partial charge in [-0.05, 0) is 6.92 Å². The van der Waals surface area contributed by atoms with Crippen LogP contribution in [-0.2, 0) is 21.9 Å². The summed E-state index contributed by atoms with van der Waals surface area (Å²) in [4.78, 5) is 9.65. The van der Waals surface area contributed by atoms with Gasteiger partial charge >= 0.3 is 5.97 Å². The molecule has 0 radical (unpaired) electrons. The number of rotatable bonds is 2. The van der Waals surface area contributed by atoms with E-state index in [1.807, 2.05) is 0 Å². The van der Waals surface area contributed by atoms with Crippen LogP contribution in [0.3, 0.4) is 0 Å². The molecule has 0 aliphatic carbocycles. The van der Waals surface area contributed by atoms with E-state index in [-0.39, 0.29) is 23.5 Å². The summed E-state index contributed by atoms with van der Waals surface area (Å²) in [6, 6.07) is 0. The van der Waals surface area contributed by atoms with Gasteiger partial charge in [-0.25, -0.2) is 0 Å². The molecule has 0 heterocycles. The molecule has 0 aliphatic heterocycles. The smallest absolute Gasteiger partial charge is 0.305 e. The number of carbonyl (C=O) groups is 1. The van der Waals surface area contributed by atoms with Crippen LogP contribution in [0.5, 0.6) is 0 Å². The molecular weight excluding hydrogens is 152 g/mol. The first kappa shape index (κ1) is 10.8. The molecule has 0 bridgehead atoms. The summed E-state index contributed by atoms with van der Waals surface area (Å²) in [7, 11) is 0. The van der Waals surface area contributed by atoms with Gasteiger partial charge in [-0.1, -0.05) is 0 Å². The minimum atomic E-state index is -0.963. The largest absolute Gasteiger partial charge is 0.481 e. The van der Waals surface area contributed by atoms with Crippen LogP contribution in [0.4, 0.5) is 0 Å². The minimum absolute atomic E-state index is 0. The van der Waals surface area contributed by atoms with Gasteiger partial charge in [0.15, 0.2) is 0 Å². The number of carboxylic acids is 1. The second-order valence-corrected chi connectivity index (χ2v) is 1.45. The van der Waals surface area contributed by atoms with Crippen LogP contribution in [0, 0.1) is 0 Å². The van der Waals surface area contributed by atoms with Crippen LogP contribution in [-0.4, -0.2) is 22.3 Å². The molecular formula is C4H8FeO3. The quantitative estimate of drug-likeness (QED) is 0.551. The van der Waals surface area contributed by atoms with Crippen molar-refractivity contribution in [1.29, 1.82) is 0 Å². The first-order chi connectivity index (χ1) is 3.13. The van der Waals surface area contributed by atoms with Crippen molar-refractivity contribution in [3.8, 4) is 0 Å². The third-order valence-electron chi connectivity index (χ3n) is 0.470. The molecule has 0 rings (SSSR count). The molecule has 50 valence electrons. The number of carboxylic acid groups (broad SMARTS) is 1. The predicted molar refractivity (Wildman–Crippen MR) is 23.9 cm³/mol. The van der Waals surface area contributed by atoms with E-state index in [1.54, 1.807) is 0 Å². The maximum absolute atomic E-state index is 9.65. The van der Waals surface area contributed by atoms with Crippen LogP contribution in [0.25, 0.3) is 0 Å². The van der Waals surface area contributed by atoms with Crippen LogP contribution in [0.1, 0.15) is 13.3 Å². The predicted octanol–water partition coefficient (Wildman–Crippen LogP) is -0.161. The van der Waals surface area contributed by atoms with E-state index in [1.165, 1.54) is 6.92 Å². The van der Waals surface area contributed by atoms with Gasteiger partial charge in [-0.3, -0.25) is 4.79 Å². The van der Waals surface area contributed by atoms with E-state index in [4.69, 9.17) is 10.2 Å². The first-order valence-electron chi connectivity index (χ1n) is 2.03. The standard InChI is InChI=1S/C4H8O3.Fe/c1-3(5)2-4(6)7;/h3,5H,2H2,1H3,(H,6,7);. The van der Waals surface area contributed by atoms with Crippen molar-refractivity contribution < 1.29 is 32.1 Å². The van der Waals surface area contributed by atoms with Gasteiger partial charge in [-0.2, -0.15) is 0 Å². The summed E-state index contributed by atoms with van der Waals surface area (Å²) in [5.74, 6) is -0.963. The molecule has 0 spiro atoms. The minimum Gasteiger partial charge on any atom is -0.481 e. The molecule has 8 heavy (non-hydrogen) atoms.